The highest BCUT2D eigenvalue weighted by Gasteiger charge is 2.39. The molecule has 0 aliphatic heterocycles. The van der Waals surface area contributed by atoms with Crippen LogP contribution in [0.3, 0.4) is 0 Å². The van der Waals surface area contributed by atoms with Crippen LogP contribution in [0.25, 0.3) is 0 Å². The third-order valence-corrected chi connectivity index (χ3v) is 12.9. The molecule has 6 rings (SSSR count). The molecule has 0 radical (unpaired) electrons. The van der Waals surface area contributed by atoms with Crippen molar-refractivity contribution in [2.24, 2.45) is 5.73 Å². The second-order valence-electron chi connectivity index (χ2n) is 18.5. The Balaban J connectivity index is 1.21. The lowest BCUT2D eigenvalue weighted by molar-refractivity contribution is -0.142. The van der Waals surface area contributed by atoms with Gasteiger partial charge in [0.2, 0.25) is 23.6 Å². The SMILES string of the molecule is CCCCCCCC(=O)NCCCCC(NC(=O)C(N)Cc1cn(C(c2ccccc2)(c2ccccc2)c2ccccc2)cn1)C(=O)NC(Cc1ccc(C)cc1)C(=O)NC(Cc1ccc(O)cc1)C(=O)O. The molecular formula is C58H69N7O7. The number of nitrogens with zero attached hydrogens (tertiary/aromatic N) is 2. The van der Waals surface area contributed by atoms with Crippen molar-refractivity contribution < 1.29 is 34.2 Å². The Bertz CT molecular complexity index is 2550. The quantitative estimate of drug-likeness (QED) is 0.0194. The summed E-state index contributed by atoms with van der Waals surface area (Å²) < 4.78 is 2.04. The number of carboxylic acids is 1. The molecule has 5 aromatic carbocycles. The van der Waals surface area contributed by atoms with Gasteiger partial charge in [0.15, 0.2) is 0 Å². The van der Waals surface area contributed by atoms with Gasteiger partial charge in [0, 0.05) is 38.4 Å². The van der Waals surface area contributed by atoms with Gasteiger partial charge in [-0.05, 0) is 72.6 Å². The van der Waals surface area contributed by atoms with Crippen molar-refractivity contribution in [2.75, 3.05) is 6.54 Å². The molecule has 1 heterocycles. The van der Waals surface area contributed by atoms with Gasteiger partial charge in [0.05, 0.1) is 18.1 Å². The second-order valence-corrected chi connectivity index (χ2v) is 18.5. The lowest BCUT2D eigenvalue weighted by Gasteiger charge is -2.37. The van der Waals surface area contributed by atoms with Crippen LogP contribution in [0, 0.1) is 6.92 Å². The maximum atomic E-state index is 14.5. The Morgan fingerprint density at radius 3 is 1.69 bits per heavy atom. The van der Waals surface area contributed by atoms with E-state index in [0.717, 1.165) is 54.4 Å². The monoisotopic (exact) mass is 976 g/mol. The Labute approximate surface area is 422 Å². The van der Waals surface area contributed by atoms with Crippen molar-refractivity contribution in [3.63, 3.8) is 0 Å². The number of benzene rings is 5. The van der Waals surface area contributed by atoms with Crippen LogP contribution < -0.4 is 27.0 Å². The van der Waals surface area contributed by atoms with E-state index in [4.69, 9.17) is 10.7 Å². The molecule has 4 atom stereocenters. The van der Waals surface area contributed by atoms with Crippen LogP contribution in [0.4, 0.5) is 0 Å². The van der Waals surface area contributed by atoms with Gasteiger partial charge in [-0.3, -0.25) is 19.2 Å². The molecule has 14 heteroatoms. The van der Waals surface area contributed by atoms with Gasteiger partial charge in [-0.15, -0.1) is 0 Å². The van der Waals surface area contributed by atoms with Crippen LogP contribution in [-0.4, -0.2) is 80.1 Å². The Kier molecular flexibility index (Phi) is 20.3. The van der Waals surface area contributed by atoms with Crippen LogP contribution in [0.15, 0.2) is 152 Å². The lowest BCUT2D eigenvalue weighted by Crippen LogP contribution is -2.58. The summed E-state index contributed by atoms with van der Waals surface area (Å²) in [6, 6.07) is 38.9. The zero-order valence-electron chi connectivity index (χ0n) is 41.3. The van der Waals surface area contributed by atoms with Gasteiger partial charge in [-0.1, -0.05) is 166 Å². The minimum absolute atomic E-state index is 0.0133. The van der Waals surface area contributed by atoms with E-state index in [1.54, 1.807) is 18.5 Å². The first kappa shape index (κ1) is 53.8. The van der Waals surface area contributed by atoms with Crippen molar-refractivity contribution in [1.29, 1.82) is 0 Å². The molecule has 4 unspecified atom stereocenters. The molecule has 6 aromatic rings. The lowest BCUT2D eigenvalue weighted by atomic mass is 9.77. The van der Waals surface area contributed by atoms with E-state index >= 15 is 0 Å². The number of nitrogens with two attached hydrogens (primary N) is 1. The normalized spacial score (nSPS) is 13.0. The fourth-order valence-electron chi connectivity index (χ4n) is 8.96. The number of unbranched alkanes of at least 4 members (excludes halogenated alkanes) is 5. The number of aromatic nitrogens is 2. The van der Waals surface area contributed by atoms with Crippen LogP contribution in [-0.2, 0) is 48.8 Å². The van der Waals surface area contributed by atoms with E-state index in [1.807, 2.05) is 96.6 Å². The third-order valence-electron chi connectivity index (χ3n) is 12.9. The zero-order chi connectivity index (χ0) is 51.3. The number of hydrogen-bond acceptors (Lipinski definition) is 8. The number of phenolic OH excluding ortho intramolecular Hbond substituents is 1. The molecule has 72 heavy (non-hydrogen) atoms. The standard InChI is InChI=1S/C58H69N7O7/c1-3-4-5-6-16-26-53(67)60-35-18-17-25-50(55(69)63-51(36-42-29-27-41(2)28-30-42)56(70)64-52(57(71)72)37-43-31-33-48(66)34-32-43)62-54(68)49(59)38-47-39-65(40-61-47)58(44-19-10-7-11-20-44,45-21-12-8-13-22-45)46-23-14-9-15-24-46/h7-15,19-24,27-34,39-40,49-52,66H,3-6,16-18,25-26,35-38,59H2,1-2H3,(H,60,67)(H,62,68)(H,63,69)(H,64,70)(H,71,72). The van der Waals surface area contributed by atoms with Gasteiger partial charge in [-0.25, -0.2) is 9.78 Å². The van der Waals surface area contributed by atoms with Crippen LogP contribution in [0.5, 0.6) is 5.75 Å². The van der Waals surface area contributed by atoms with E-state index < -0.39 is 53.4 Å². The van der Waals surface area contributed by atoms with E-state index in [2.05, 4.69) is 64.6 Å². The predicted octanol–water partition coefficient (Wildman–Crippen LogP) is 7.28. The number of imidazole rings is 1. The summed E-state index contributed by atoms with van der Waals surface area (Å²) in [6.45, 7) is 4.45. The molecular weight excluding hydrogens is 907 g/mol. The Morgan fingerprint density at radius 2 is 1.12 bits per heavy atom. The van der Waals surface area contributed by atoms with Crippen LogP contribution in [0.2, 0.25) is 0 Å². The van der Waals surface area contributed by atoms with E-state index in [0.29, 0.717) is 42.6 Å². The summed E-state index contributed by atoms with van der Waals surface area (Å²) in [5.74, 6) is -3.31. The first-order valence-electron chi connectivity index (χ1n) is 25.1. The zero-order valence-corrected chi connectivity index (χ0v) is 41.3. The maximum Gasteiger partial charge on any atom is 0.326 e. The van der Waals surface area contributed by atoms with Crippen molar-refractivity contribution in [3.8, 4) is 5.75 Å². The maximum absolute atomic E-state index is 14.5. The number of carboxylic acid groups (broad SMARTS) is 1. The summed E-state index contributed by atoms with van der Waals surface area (Å²) in [7, 11) is 0. The topological polar surface area (TPSA) is 218 Å². The third kappa shape index (κ3) is 15.2. The Morgan fingerprint density at radius 1 is 0.611 bits per heavy atom. The summed E-state index contributed by atoms with van der Waals surface area (Å²) in [4.78, 5) is 72.6. The summed E-state index contributed by atoms with van der Waals surface area (Å²) >= 11 is 0. The molecule has 0 aliphatic rings. The van der Waals surface area contributed by atoms with Gasteiger partial charge < -0.3 is 41.8 Å². The average Bonchev–Trinajstić information content (AvgIpc) is 3.85. The molecule has 0 bridgehead atoms. The molecule has 0 aliphatic carbocycles. The van der Waals surface area contributed by atoms with E-state index in [-0.39, 0.29) is 37.3 Å². The fraction of sp³-hybridized carbons (Fsp3) is 0.345. The summed E-state index contributed by atoms with van der Waals surface area (Å²) in [6.07, 6.45) is 10.3. The number of amides is 4. The van der Waals surface area contributed by atoms with Gasteiger partial charge in [0.25, 0.3) is 0 Å². The van der Waals surface area contributed by atoms with Crippen molar-refractivity contribution in [1.82, 2.24) is 30.8 Å². The second kappa shape index (κ2) is 27.1. The number of aryl methyl sites for hydroxylation is 1. The molecule has 1 aromatic heterocycles. The summed E-state index contributed by atoms with van der Waals surface area (Å²) in [5.41, 5.74) is 11.6. The highest BCUT2D eigenvalue weighted by atomic mass is 16.4. The minimum atomic E-state index is -1.36. The molecule has 0 saturated carbocycles. The highest BCUT2D eigenvalue weighted by molar-refractivity contribution is 5.94. The average molecular weight is 976 g/mol. The molecule has 4 amide bonds. The molecule has 0 spiro atoms. The number of aromatic hydroxyl groups is 1. The molecule has 0 fully saturated rings. The first-order chi connectivity index (χ1) is 34.9. The number of carbonyl (C=O) groups excluding carboxylic acids is 4. The highest BCUT2D eigenvalue weighted by Crippen LogP contribution is 2.40. The van der Waals surface area contributed by atoms with E-state index in [9.17, 15) is 34.2 Å². The molecule has 8 N–H and O–H groups in total. The van der Waals surface area contributed by atoms with Crippen molar-refractivity contribution in [3.05, 3.63) is 191 Å². The predicted molar refractivity (Wildman–Crippen MR) is 279 cm³/mol. The molecule has 0 saturated heterocycles. The molecule has 14 nitrogen and oxygen atoms in total. The fourth-order valence-corrected chi connectivity index (χ4v) is 8.96. The first-order valence-corrected chi connectivity index (χ1v) is 25.1. The number of rotatable bonds is 28. The van der Waals surface area contributed by atoms with Crippen LogP contribution >= 0.6 is 0 Å². The molecule has 378 valence electrons. The number of nitrogens with one attached hydrogen (secondary N) is 4. The van der Waals surface area contributed by atoms with Crippen molar-refractivity contribution >= 4 is 29.6 Å². The van der Waals surface area contributed by atoms with E-state index in [1.165, 1.54) is 12.1 Å². The van der Waals surface area contributed by atoms with Crippen LogP contribution in [0.1, 0.15) is 104 Å². The smallest absolute Gasteiger partial charge is 0.326 e. The number of carbonyl (C=O) groups is 5. The largest absolute Gasteiger partial charge is 0.508 e. The number of aliphatic carboxylic acids is 1. The number of hydrogen-bond donors (Lipinski definition) is 7. The van der Waals surface area contributed by atoms with Gasteiger partial charge in [-0.2, -0.15) is 0 Å². The minimum Gasteiger partial charge on any atom is -0.508 e. The number of phenols is 1. The van der Waals surface area contributed by atoms with Gasteiger partial charge >= 0.3 is 5.97 Å². The summed E-state index contributed by atoms with van der Waals surface area (Å²) in [5, 5.41) is 31.2. The Hall–Kier alpha value is -7.58. The van der Waals surface area contributed by atoms with Gasteiger partial charge in [0.1, 0.15) is 29.4 Å². The van der Waals surface area contributed by atoms with Crippen molar-refractivity contribution in [2.45, 2.75) is 121 Å².